The summed E-state index contributed by atoms with van der Waals surface area (Å²) >= 11 is 0. The molecule has 8 heteroatoms. The summed E-state index contributed by atoms with van der Waals surface area (Å²) in [4.78, 5) is 16.9. The van der Waals surface area contributed by atoms with Gasteiger partial charge in [-0.15, -0.1) is 10.2 Å². The molecule has 2 saturated heterocycles. The number of anilines is 2. The van der Waals surface area contributed by atoms with E-state index in [1.807, 2.05) is 24.3 Å². The van der Waals surface area contributed by atoms with Crippen LogP contribution >= 0.6 is 0 Å². The first-order chi connectivity index (χ1) is 13.8. The summed E-state index contributed by atoms with van der Waals surface area (Å²) in [5.74, 6) is 2.70. The van der Waals surface area contributed by atoms with Crippen molar-refractivity contribution in [2.24, 2.45) is 5.92 Å². The van der Waals surface area contributed by atoms with Crippen molar-refractivity contribution in [2.75, 3.05) is 55.7 Å². The normalized spacial score (nSPS) is 20.2. The number of nitrogens with zero attached hydrogens (tertiary/aromatic N) is 4. The SMILES string of the molecule is O=C(NCCc1ccco1)C1CCCN(c2ccc(N3CCOCC3)nn2)C1. The molecule has 0 aliphatic carbocycles. The smallest absolute Gasteiger partial charge is 0.224 e. The Morgan fingerprint density at radius 2 is 1.89 bits per heavy atom. The first-order valence-corrected chi connectivity index (χ1v) is 10.0. The van der Waals surface area contributed by atoms with E-state index >= 15 is 0 Å². The van der Waals surface area contributed by atoms with Gasteiger partial charge in [0, 0.05) is 39.1 Å². The zero-order valence-electron chi connectivity index (χ0n) is 16.0. The number of hydrogen-bond donors (Lipinski definition) is 1. The number of piperidine rings is 1. The van der Waals surface area contributed by atoms with Crippen LogP contribution in [-0.2, 0) is 16.0 Å². The lowest BCUT2D eigenvalue weighted by molar-refractivity contribution is -0.125. The average Bonchev–Trinajstić information content (AvgIpc) is 3.28. The van der Waals surface area contributed by atoms with Crippen LogP contribution in [0.2, 0.25) is 0 Å². The minimum Gasteiger partial charge on any atom is -0.469 e. The van der Waals surface area contributed by atoms with E-state index in [0.717, 1.165) is 63.1 Å². The number of morpholine rings is 1. The number of furan rings is 1. The Morgan fingerprint density at radius 3 is 2.61 bits per heavy atom. The topological polar surface area (TPSA) is 83.7 Å². The van der Waals surface area contributed by atoms with Gasteiger partial charge in [-0.05, 0) is 37.1 Å². The Labute approximate surface area is 164 Å². The second kappa shape index (κ2) is 9.05. The molecule has 0 spiro atoms. The lowest BCUT2D eigenvalue weighted by Crippen LogP contribution is -2.44. The maximum atomic E-state index is 12.5. The van der Waals surface area contributed by atoms with Gasteiger partial charge in [-0.1, -0.05) is 0 Å². The van der Waals surface area contributed by atoms with Gasteiger partial charge in [0.2, 0.25) is 5.91 Å². The Balaban J connectivity index is 1.29. The molecule has 4 rings (SSSR count). The van der Waals surface area contributed by atoms with Crippen LogP contribution < -0.4 is 15.1 Å². The van der Waals surface area contributed by atoms with Crippen molar-refractivity contribution in [3.8, 4) is 0 Å². The number of nitrogens with one attached hydrogen (secondary N) is 1. The Kier molecular flexibility index (Phi) is 6.06. The van der Waals surface area contributed by atoms with Crippen molar-refractivity contribution in [1.29, 1.82) is 0 Å². The molecule has 1 unspecified atom stereocenters. The zero-order valence-corrected chi connectivity index (χ0v) is 16.0. The van der Waals surface area contributed by atoms with Crippen molar-refractivity contribution in [1.82, 2.24) is 15.5 Å². The molecule has 0 aromatic carbocycles. The molecule has 2 fully saturated rings. The highest BCUT2D eigenvalue weighted by Crippen LogP contribution is 2.23. The number of ether oxygens (including phenoxy) is 1. The molecule has 150 valence electrons. The van der Waals surface area contributed by atoms with Crippen LogP contribution in [0.3, 0.4) is 0 Å². The molecular formula is C20H27N5O3. The predicted molar refractivity (Wildman–Crippen MR) is 105 cm³/mol. The number of carbonyl (C=O) groups is 1. The van der Waals surface area contributed by atoms with Crippen LogP contribution in [-0.4, -0.2) is 62.0 Å². The first-order valence-electron chi connectivity index (χ1n) is 10.0. The van der Waals surface area contributed by atoms with E-state index in [0.29, 0.717) is 19.5 Å². The molecule has 1 N–H and O–H groups in total. The Morgan fingerprint density at radius 1 is 1.11 bits per heavy atom. The first kappa shape index (κ1) is 18.7. The molecule has 2 aromatic heterocycles. The third-order valence-electron chi connectivity index (χ3n) is 5.34. The summed E-state index contributed by atoms with van der Waals surface area (Å²) in [5, 5.41) is 11.8. The van der Waals surface area contributed by atoms with Gasteiger partial charge < -0.3 is 24.3 Å². The van der Waals surface area contributed by atoms with E-state index in [9.17, 15) is 4.79 Å². The van der Waals surface area contributed by atoms with Gasteiger partial charge in [0.15, 0.2) is 11.6 Å². The number of amides is 1. The minimum atomic E-state index is -0.0222. The highest BCUT2D eigenvalue weighted by molar-refractivity contribution is 5.79. The van der Waals surface area contributed by atoms with Crippen LogP contribution in [0.25, 0.3) is 0 Å². The Hall–Kier alpha value is -2.61. The molecule has 2 aliphatic heterocycles. The summed E-state index contributed by atoms with van der Waals surface area (Å²) in [7, 11) is 0. The maximum Gasteiger partial charge on any atom is 0.224 e. The van der Waals surface area contributed by atoms with E-state index < -0.39 is 0 Å². The van der Waals surface area contributed by atoms with Crippen LogP contribution in [0.5, 0.6) is 0 Å². The van der Waals surface area contributed by atoms with Crippen LogP contribution in [0, 0.1) is 5.92 Å². The van der Waals surface area contributed by atoms with E-state index in [-0.39, 0.29) is 11.8 Å². The molecule has 2 aromatic rings. The zero-order chi connectivity index (χ0) is 19.2. The summed E-state index contributed by atoms with van der Waals surface area (Å²) in [6, 6.07) is 7.81. The van der Waals surface area contributed by atoms with Crippen molar-refractivity contribution in [3.05, 3.63) is 36.3 Å². The Bertz CT molecular complexity index is 744. The van der Waals surface area contributed by atoms with Crippen LogP contribution in [0.15, 0.2) is 34.9 Å². The fraction of sp³-hybridized carbons (Fsp3) is 0.550. The van der Waals surface area contributed by atoms with Gasteiger partial charge >= 0.3 is 0 Å². The van der Waals surface area contributed by atoms with Crippen LogP contribution in [0.1, 0.15) is 18.6 Å². The van der Waals surface area contributed by atoms with E-state index in [2.05, 4.69) is 25.3 Å². The second-order valence-electron chi connectivity index (χ2n) is 7.25. The van der Waals surface area contributed by atoms with E-state index in [4.69, 9.17) is 9.15 Å². The van der Waals surface area contributed by atoms with Crippen molar-refractivity contribution in [2.45, 2.75) is 19.3 Å². The molecule has 0 saturated carbocycles. The van der Waals surface area contributed by atoms with Gasteiger partial charge in [-0.2, -0.15) is 0 Å². The van der Waals surface area contributed by atoms with Crippen LogP contribution in [0.4, 0.5) is 11.6 Å². The van der Waals surface area contributed by atoms with Gasteiger partial charge in [0.1, 0.15) is 5.76 Å². The maximum absolute atomic E-state index is 12.5. The minimum absolute atomic E-state index is 0.0222. The van der Waals surface area contributed by atoms with Gasteiger partial charge in [-0.3, -0.25) is 4.79 Å². The quantitative estimate of drug-likeness (QED) is 0.806. The van der Waals surface area contributed by atoms with Gasteiger partial charge in [0.25, 0.3) is 0 Å². The second-order valence-corrected chi connectivity index (χ2v) is 7.25. The summed E-state index contributed by atoms with van der Waals surface area (Å²) in [6.45, 7) is 5.32. The van der Waals surface area contributed by atoms with Crippen molar-refractivity contribution in [3.63, 3.8) is 0 Å². The van der Waals surface area contributed by atoms with E-state index in [1.165, 1.54) is 0 Å². The molecule has 0 bridgehead atoms. The fourth-order valence-corrected chi connectivity index (χ4v) is 3.76. The fourth-order valence-electron chi connectivity index (χ4n) is 3.76. The standard InChI is InChI=1S/C20H27N5O3/c26-20(21-8-7-17-4-2-12-28-17)16-3-1-9-25(15-16)19-6-5-18(22-23-19)24-10-13-27-14-11-24/h2,4-6,12,16H,1,3,7-11,13-15H2,(H,21,26). The summed E-state index contributed by atoms with van der Waals surface area (Å²) < 4.78 is 10.7. The largest absolute Gasteiger partial charge is 0.469 e. The summed E-state index contributed by atoms with van der Waals surface area (Å²) in [6.07, 6.45) is 4.25. The van der Waals surface area contributed by atoms with Crippen molar-refractivity contribution >= 4 is 17.5 Å². The highest BCUT2D eigenvalue weighted by atomic mass is 16.5. The average molecular weight is 385 g/mol. The molecule has 2 aliphatic rings. The number of carbonyl (C=O) groups excluding carboxylic acids is 1. The molecule has 0 radical (unpaired) electrons. The third-order valence-corrected chi connectivity index (χ3v) is 5.34. The lowest BCUT2D eigenvalue weighted by Gasteiger charge is -2.33. The molecule has 4 heterocycles. The number of rotatable bonds is 6. The monoisotopic (exact) mass is 385 g/mol. The highest BCUT2D eigenvalue weighted by Gasteiger charge is 2.26. The summed E-state index contributed by atoms with van der Waals surface area (Å²) in [5.41, 5.74) is 0. The third kappa shape index (κ3) is 4.62. The molecule has 1 atom stereocenters. The van der Waals surface area contributed by atoms with Crippen molar-refractivity contribution < 1.29 is 13.9 Å². The number of hydrogen-bond acceptors (Lipinski definition) is 7. The van der Waals surface area contributed by atoms with Gasteiger partial charge in [-0.25, -0.2) is 0 Å². The number of aromatic nitrogens is 2. The molecule has 1 amide bonds. The molecule has 28 heavy (non-hydrogen) atoms. The predicted octanol–water partition coefficient (Wildman–Crippen LogP) is 1.48. The lowest BCUT2D eigenvalue weighted by atomic mass is 9.97. The molecule has 8 nitrogen and oxygen atoms in total. The molecular weight excluding hydrogens is 358 g/mol. The van der Waals surface area contributed by atoms with Gasteiger partial charge in [0.05, 0.1) is 25.4 Å². The van der Waals surface area contributed by atoms with E-state index in [1.54, 1.807) is 6.26 Å².